The van der Waals surface area contributed by atoms with Crippen LogP contribution in [0.5, 0.6) is 0 Å². The summed E-state index contributed by atoms with van der Waals surface area (Å²) in [5.41, 5.74) is 0. The molecule has 212 valence electrons. The van der Waals surface area contributed by atoms with Crippen molar-refractivity contribution in [1.29, 1.82) is 0 Å². The summed E-state index contributed by atoms with van der Waals surface area (Å²) < 4.78 is 0. The monoisotopic (exact) mass is 592 g/mol. The van der Waals surface area contributed by atoms with E-state index in [1.54, 1.807) is 0 Å². The van der Waals surface area contributed by atoms with Gasteiger partial charge in [0.25, 0.3) is 0 Å². The number of hydrogen-bond acceptors (Lipinski definition) is 4. The van der Waals surface area contributed by atoms with Crippen molar-refractivity contribution in [2.75, 3.05) is 0 Å². The second-order valence-electron chi connectivity index (χ2n) is 11.6. The third-order valence-corrected chi connectivity index (χ3v) is 9.11. The van der Waals surface area contributed by atoms with E-state index in [0.717, 1.165) is 24.2 Å². The SMILES string of the molecule is [C]1N(C2CCCCC2)C=CN1C1CCCCC1.[C]1N(C2CCCCC2)C=CN1C1CCCCC1.[Cl][Ni][Cl]. The molecule has 4 aliphatic carbocycles. The van der Waals surface area contributed by atoms with Gasteiger partial charge in [0.1, 0.15) is 0 Å². The first-order chi connectivity index (χ1) is 18.3. The van der Waals surface area contributed by atoms with Crippen LogP contribution >= 0.6 is 20.4 Å². The molecule has 0 aromatic carbocycles. The van der Waals surface area contributed by atoms with Crippen LogP contribution in [0.15, 0.2) is 24.8 Å². The third-order valence-electron chi connectivity index (χ3n) is 9.11. The van der Waals surface area contributed by atoms with Crippen LogP contribution in [0.25, 0.3) is 0 Å². The van der Waals surface area contributed by atoms with Crippen molar-refractivity contribution in [3.8, 4) is 0 Å². The molecule has 0 unspecified atom stereocenters. The normalized spacial score (nSPS) is 26.3. The predicted molar refractivity (Wildman–Crippen MR) is 151 cm³/mol. The molecule has 2 aliphatic heterocycles. The summed E-state index contributed by atoms with van der Waals surface area (Å²) in [7, 11) is 9.40. The Labute approximate surface area is 242 Å². The molecule has 0 saturated heterocycles. The summed E-state index contributed by atoms with van der Waals surface area (Å²) >= 11 is 0.569. The molecule has 0 aromatic rings. The number of hydrogen-bond donors (Lipinski definition) is 0. The summed E-state index contributed by atoms with van der Waals surface area (Å²) in [6.07, 6.45) is 36.8. The molecule has 37 heavy (non-hydrogen) atoms. The summed E-state index contributed by atoms with van der Waals surface area (Å²) in [6, 6.07) is 2.92. The summed E-state index contributed by atoms with van der Waals surface area (Å²) in [6.45, 7) is 7.17. The second-order valence-corrected chi connectivity index (χ2v) is 13.3. The zero-order chi connectivity index (χ0) is 25.7. The fourth-order valence-corrected chi connectivity index (χ4v) is 6.94. The molecular formula is C30H48Cl2N4Ni. The van der Waals surface area contributed by atoms with E-state index in [9.17, 15) is 0 Å². The van der Waals surface area contributed by atoms with Crippen molar-refractivity contribution >= 4 is 20.4 Å². The van der Waals surface area contributed by atoms with Crippen LogP contribution in [0, 0.1) is 13.3 Å². The van der Waals surface area contributed by atoms with Gasteiger partial charge in [-0.25, -0.2) is 0 Å². The maximum absolute atomic E-state index is 4.70. The average Bonchev–Trinajstić information content (AvgIpc) is 3.67. The topological polar surface area (TPSA) is 13.0 Å². The predicted octanol–water partition coefficient (Wildman–Crippen LogP) is 8.85. The van der Waals surface area contributed by atoms with Gasteiger partial charge in [-0.3, -0.25) is 0 Å². The van der Waals surface area contributed by atoms with E-state index < -0.39 is 0 Å². The van der Waals surface area contributed by atoms with Crippen molar-refractivity contribution < 1.29 is 12.7 Å². The molecule has 4 radical (unpaired) electrons. The fourth-order valence-electron chi connectivity index (χ4n) is 6.94. The van der Waals surface area contributed by atoms with Gasteiger partial charge in [-0.1, -0.05) is 77.0 Å². The van der Waals surface area contributed by atoms with Crippen LogP contribution in [0.4, 0.5) is 0 Å². The number of nitrogens with zero attached hydrogens (tertiary/aromatic N) is 4. The van der Waals surface area contributed by atoms with Crippen molar-refractivity contribution in [3.63, 3.8) is 0 Å². The summed E-state index contributed by atoms with van der Waals surface area (Å²) in [4.78, 5) is 9.42. The van der Waals surface area contributed by atoms with Gasteiger partial charge in [-0.2, -0.15) is 0 Å². The molecule has 0 bridgehead atoms. The van der Waals surface area contributed by atoms with Crippen molar-refractivity contribution in [3.05, 3.63) is 38.1 Å². The molecule has 0 atom stereocenters. The van der Waals surface area contributed by atoms with E-state index in [-0.39, 0.29) is 0 Å². The summed E-state index contributed by atoms with van der Waals surface area (Å²) in [5.74, 6) is 0. The standard InChI is InChI=1S/2C15H24N2.2ClH.Ni/c2*1-3-7-14(8-4-1)16-11-12-17(13-16)15-9-5-2-6-10-15;;;/h2*11-12,14-15H,1-10H2;2*1H;/q;;;;+2/p-2. The summed E-state index contributed by atoms with van der Waals surface area (Å²) in [5, 5.41) is 0. The first-order valence-corrected chi connectivity index (χ1v) is 17.8. The van der Waals surface area contributed by atoms with Gasteiger partial charge in [0.2, 0.25) is 13.3 Å². The molecular weight excluding hydrogens is 546 g/mol. The Morgan fingerprint density at radius 1 is 0.405 bits per heavy atom. The molecule has 0 aromatic heterocycles. The van der Waals surface area contributed by atoms with Crippen molar-refractivity contribution in [2.24, 2.45) is 0 Å². The molecule has 4 fully saturated rings. The van der Waals surface area contributed by atoms with Gasteiger partial charge in [0, 0.05) is 49.0 Å². The van der Waals surface area contributed by atoms with Gasteiger partial charge in [0.15, 0.2) is 0 Å². The van der Waals surface area contributed by atoms with Crippen LogP contribution in [0.2, 0.25) is 0 Å². The third kappa shape index (κ3) is 9.42. The Balaban J connectivity index is 0.000000157. The quantitative estimate of drug-likeness (QED) is 0.302. The Bertz CT molecular complexity index is 560. The molecule has 0 N–H and O–H groups in total. The van der Waals surface area contributed by atoms with Crippen molar-refractivity contribution in [1.82, 2.24) is 19.6 Å². The Hall–Kier alpha value is -0.246. The Kier molecular flexibility index (Phi) is 13.5. The molecule has 0 spiro atoms. The zero-order valence-corrected chi connectivity index (χ0v) is 25.1. The molecule has 4 saturated carbocycles. The molecule has 7 heteroatoms. The van der Waals surface area contributed by atoms with Crippen LogP contribution < -0.4 is 0 Å². The molecule has 0 amide bonds. The number of halogens is 2. The first kappa shape index (κ1) is 29.7. The first-order valence-electron chi connectivity index (χ1n) is 15.1. The Morgan fingerprint density at radius 3 is 0.784 bits per heavy atom. The van der Waals surface area contributed by atoms with E-state index in [0.29, 0.717) is 12.7 Å². The second kappa shape index (κ2) is 16.8. The average molecular weight is 594 g/mol. The molecule has 6 rings (SSSR count). The fraction of sp³-hybridized carbons (Fsp3) is 0.800. The van der Waals surface area contributed by atoms with Gasteiger partial charge >= 0.3 is 33.0 Å². The van der Waals surface area contributed by atoms with E-state index >= 15 is 0 Å². The van der Waals surface area contributed by atoms with Gasteiger partial charge in [0.05, 0.1) is 0 Å². The zero-order valence-electron chi connectivity index (χ0n) is 22.6. The van der Waals surface area contributed by atoms with Crippen LogP contribution in [-0.4, -0.2) is 43.8 Å². The van der Waals surface area contributed by atoms with Crippen molar-refractivity contribution in [2.45, 2.75) is 153 Å². The van der Waals surface area contributed by atoms with Gasteiger partial charge in [-0.15, -0.1) is 0 Å². The molecule has 2 heterocycles. The maximum atomic E-state index is 4.70. The number of rotatable bonds is 4. The van der Waals surface area contributed by atoms with E-state index in [1.807, 2.05) is 0 Å². The van der Waals surface area contributed by atoms with E-state index in [4.69, 9.17) is 20.4 Å². The van der Waals surface area contributed by atoms with Gasteiger partial charge in [-0.05, 0) is 51.4 Å². The Morgan fingerprint density at radius 2 is 0.595 bits per heavy atom. The minimum atomic E-state index is 0.569. The minimum absolute atomic E-state index is 0.569. The van der Waals surface area contributed by atoms with Gasteiger partial charge < -0.3 is 19.6 Å². The van der Waals surface area contributed by atoms with E-state index in [1.165, 1.54) is 128 Å². The van der Waals surface area contributed by atoms with Crippen LogP contribution in [0.3, 0.4) is 0 Å². The van der Waals surface area contributed by atoms with Crippen LogP contribution in [0.1, 0.15) is 128 Å². The molecule has 4 nitrogen and oxygen atoms in total. The van der Waals surface area contributed by atoms with E-state index in [2.05, 4.69) is 57.7 Å². The van der Waals surface area contributed by atoms with Crippen LogP contribution in [-0.2, 0) is 12.7 Å². The molecule has 6 aliphatic rings.